The zero-order valence-corrected chi connectivity index (χ0v) is 12.6. The van der Waals surface area contributed by atoms with Gasteiger partial charge in [-0.1, -0.05) is 40.2 Å². The second-order valence-electron chi connectivity index (χ2n) is 4.29. The molecule has 3 N–H and O–H groups in total. The molecule has 0 aliphatic carbocycles. The first-order chi connectivity index (χ1) is 10.1. The molecule has 108 valence electrons. The fourth-order valence-corrected chi connectivity index (χ4v) is 2.22. The number of carbonyl (C=O) groups excluding carboxylic acids is 1. The number of carbonyl (C=O) groups is 2. The summed E-state index contributed by atoms with van der Waals surface area (Å²) in [5.41, 5.74) is 1.25. The molecule has 2 amide bonds. The molecule has 2 rings (SSSR count). The summed E-state index contributed by atoms with van der Waals surface area (Å²) in [6.07, 6.45) is 0. The predicted octanol–water partition coefficient (Wildman–Crippen LogP) is 3.47. The lowest BCUT2D eigenvalue weighted by Gasteiger charge is -2.10. The molecular formula is C15H13BrN2O3. The number of para-hydroxylation sites is 1. The summed E-state index contributed by atoms with van der Waals surface area (Å²) in [6, 6.07) is 13.3. The Morgan fingerprint density at radius 1 is 1.10 bits per heavy atom. The number of urea groups is 1. The van der Waals surface area contributed by atoms with Crippen molar-refractivity contribution in [2.45, 2.75) is 6.54 Å². The second kappa shape index (κ2) is 6.90. The number of rotatable bonds is 4. The Kier molecular flexibility index (Phi) is 4.94. The van der Waals surface area contributed by atoms with Crippen molar-refractivity contribution in [3.8, 4) is 0 Å². The van der Waals surface area contributed by atoms with Gasteiger partial charge in [-0.3, -0.25) is 0 Å². The van der Waals surface area contributed by atoms with Crippen LogP contribution in [-0.4, -0.2) is 17.1 Å². The maximum atomic E-state index is 11.8. The SMILES string of the molecule is O=C(NCc1cccc(Br)c1)Nc1ccccc1C(=O)O. The molecule has 21 heavy (non-hydrogen) atoms. The lowest BCUT2D eigenvalue weighted by atomic mass is 10.2. The van der Waals surface area contributed by atoms with Crippen LogP contribution in [0, 0.1) is 0 Å². The van der Waals surface area contributed by atoms with E-state index in [0.717, 1.165) is 10.0 Å². The Hall–Kier alpha value is -2.34. The van der Waals surface area contributed by atoms with Crippen LogP contribution in [0.25, 0.3) is 0 Å². The molecule has 0 spiro atoms. The van der Waals surface area contributed by atoms with Gasteiger partial charge in [-0.2, -0.15) is 0 Å². The molecule has 0 fully saturated rings. The van der Waals surface area contributed by atoms with Gasteiger partial charge >= 0.3 is 12.0 Å². The number of carboxylic acids is 1. The van der Waals surface area contributed by atoms with Crippen molar-refractivity contribution in [3.05, 3.63) is 64.1 Å². The molecule has 0 bridgehead atoms. The van der Waals surface area contributed by atoms with E-state index >= 15 is 0 Å². The molecule has 2 aromatic rings. The number of anilines is 1. The zero-order valence-electron chi connectivity index (χ0n) is 11.0. The summed E-state index contributed by atoms with van der Waals surface area (Å²) < 4.78 is 0.929. The van der Waals surface area contributed by atoms with Crippen LogP contribution in [0.3, 0.4) is 0 Å². The summed E-state index contributed by atoms with van der Waals surface area (Å²) in [5.74, 6) is -1.09. The summed E-state index contributed by atoms with van der Waals surface area (Å²) in [4.78, 5) is 22.9. The van der Waals surface area contributed by atoms with Crippen molar-refractivity contribution in [2.75, 3.05) is 5.32 Å². The fraction of sp³-hybridized carbons (Fsp3) is 0.0667. The van der Waals surface area contributed by atoms with Crippen LogP contribution in [0.4, 0.5) is 10.5 Å². The number of halogens is 1. The highest BCUT2D eigenvalue weighted by molar-refractivity contribution is 9.10. The van der Waals surface area contributed by atoms with Crippen LogP contribution in [-0.2, 0) is 6.54 Å². The van der Waals surface area contributed by atoms with Crippen molar-refractivity contribution >= 4 is 33.6 Å². The molecule has 5 nitrogen and oxygen atoms in total. The molecule has 0 aliphatic rings. The van der Waals surface area contributed by atoms with Crippen LogP contribution in [0.15, 0.2) is 53.0 Å². The van der Waals surface area contributed by atoms with E-state index in [1.807, 2.05) is 24.3 Å². The van der Waals surface area contributed by atoms with E-state index in [2.05, 4.69) is 26.6 Å². The van der Waals surface area contributed by atoms with Gasteiger partial charge in [0.2, 0.25) is 0 Å². The van der Waals surface area contributed by atoms with E-state index in [0.29, 0.717) is 6.54 Å². The topological polar surface area (TPSA) is 78.4 Å². The maximum Gasteiger partial charge on any atom is 0.337 e. The minimum atomic E-state index is -1.09. The van der Waals surface area contributed by atoms with Crippen LogP contribution >= 0.6 is 15.9 Å². The van der Waals surface area contributed by atoms with Crippen molar-refractivity contribution in [1.29, 1.82) is 0 Å². The largest absolute Gasteiger partial charge is 0.478 e. The first-order valence-electron chi connectivity index (χ1n) is 6.18. The summed E-state index contributed by atoms with van der Waals surface area (Å²) in [5, 5.41) is 14.3. The van der Waals surface area contributed by atoms with Gasteiger partial charge in [-0.05, 0) is 29.8 Å². The average molecular weight is 349 g/mol. The van der Waals surface area contributed by atoms with Gasteiger partial charge in [0.1, 0.15) is 0 Å². The van der Waals surface area contributed by atoms with Crippen LogP contribution in [0.1, 0.15) is 15.9 Å². The summed E-state index contributed by atoms with van der Waals surface area (Å²) in [7, 11) is 0. The third-order valence-corrected chi connectivity index (χ3v) is 3.24. The standard InChI is InChI=1S/C15H13BrN2O3/c16-11-5-3-4-10(8-11)9-17-15(21)18-13-7-2-1-6-12(13)14(19)20/h1-8H,9H2,(H,19,20)(H2,17,18,21). The molecular weight excluding hydrogens is 336 g/mol. The third kappa shape index (κ3) is 4.32. The lowest BCUT2D eigenvalue weighted by Crippen LogP contribution is -2.28. The quantitative estimate of drug-likeness (QED) is 0.791. The van der Waals surface area contributed by atoms with Crippen molar-refractivity contribution in [1.82, 2.24) is 5.32 Å². The summed E-state index contributed by atoms with van der Waals surface area (Å²) in [6.45, 7) is 0.348. The van der Waals surface area contributed by atoms with Gasteiger partial charge in [-0.25, -0.2) is 9.59 Å². The number of hydrogen-bond donors (Lipinski definition) is 3. The number of amides is 2. The average Bonchev–Trinajstić information content (AvgIpc) is 2.45. The molecule has 6 heteroatoms. The zero-order chi connectivity index (χ0) is 15.2. The Labute approximate surface area is 130 Å². The monoisotopic (exact) mass is 348 g/mol. The van der Waals surface area contributed by atoms with E-state index < -0.39 is 12.0 Å². The van der Waals surface area contributed by atoms with Gasteiger partial charge in [0.15, 0.2) is 0 Å². The molecule has 0 aromatic heterocycles. The Morgan fingerprint density at radius 3 is 2.57 bits per heavy atom. The van der Waals surface area contributed by atoms with Gasteiger partial charge in [0.05, 0.1) is 11.3 Å². The molecule has 0 atom stereocenters. The highest BCUT2D eigenvalue weighted by Gasteiger charge is 2.11. The van der Waals surface area contributed by atoms with Gasteiger partial charge in [0.25, 0.3) is 0 Å². The lowest BCUT2D eigenvalue weighted by molar-refractivity contribution is 0.0698. The van der Waals surface area contributed by atoms with E-state index in [1.165, 1.54) is 6.07 Å². The number of aromatic carboxylic acids is 1. The molecule has 0 radical (unpaired) electrons. The van der Waals surface area contributed by atoms with Crippen LogP contribution in [0.2, 0.25) is 0 Å². The summed E-state index contributed by atoms with van der Waals surface area (Å²) >= 11 is 3.35. The van der Waals surface area contributed by atoms with E-state index in [4.69, 9.17) is 5.11 Å². The van der Waals surface area contributed by atoms with Gasteiger partial charge in [0, 0.05) is 11.0 Å². The molecule has 0 saturated carbocycles. The van der Waals surface area contributed by atoms with E-state index in [-0.39, 0.29) is 11.3 Å². The molecule has 0 saturated heterocycles. The van der Waals surface area contributed by atoms with Crippen molar-refractivity contribution < 1.29 is 14.7 Å². The molecule has 2 aromatic carbocycles. The first-order valence-corrected chi connectivity index (χ1v) is 6.97. The third-order valence-electron chi connectivity index (χ3n) is 2.75. The number of carboxylic acid groups (broad SMARTS) is 1. The molecule has 0 aliphatic heterocycles. The number of hydrogen-bond acceptors (Lipinski definition) is 2. The Morgan fingerprint density at radius 2 is 1.86 bits per heavy atom. The van der Waals surface area contributed by atoms with Crippen LogP contribution in [0.5, 0.6) is 0 Å². The minimum absolute atomic E-state index is 0.0510. The Balaban J connectivity index is 1.98. The number of benzene rings is 2. The van der Waals surface area contributed by atoms with Gasteiger partial charge in [-0.15, -0.1) is 0 Å². The highest BCUT2D eigenvalue weighted by Crippen LogP contribution is 2.15. The van der Waals surface area contributed by atoms with Crippen molar-refractivity contribution in [3.63, 3.8) is 0 Å². The molecule has 0 unspecified atom stereocenters. The smallest absolute Gasteiger partial charge is 0.337 e. The Bertz CT molecular complexity index is 673. The van der Waals surface area contributed by atoms with E-state index in [9.17, 15) is 9.59 Å². The maximum absolute atomic E-state index is 11.8. The fourth-order valence-electron chi connectivity index (χ4n) is 1.77. The normalized spacial score (nSPS) is 9.95. The predicted molar refractivity (Wildman–Crippen MR) is 83.4 cm³/mol. The minimum Gasteiger partial charge on any atom is -0.478 e. The first kappa shape index (κ1) is 15.1. The van der Waals surface area contributed by atoms with Crippen LogP contribution < -0.4 is 10.6 Å². The van der Waals surface area contributed by atoms with Gasteiger partial charge < -0.3 is 15.7 Å². The van der Waals surface area contributed by atoms with Crippen molar-refractivity contribution in [2.24, 2.45) is 0 Å². The number of nitrogens with one attached hydrogen (secondary N) is 2. The van der Waals surface area contributed by atoms with E-state index in [1.54, 1.807) is 18.2 Å². The second-order valence-corrected chi connectivity index (χ2v) is 5.20. The highest BCUT2D eigenvalue weighted by atomic mass is 79.9. The molecule has 0 heterocycles.